The minimum Gasteiger partial charge on any atom is -0.375 e. The molecule has 156 valence electrons. The van der Waals surface area contributed by atoms with E-state index < -0.39 is 10.0 Å². The van der Waals surface area contributed by atoms with Crippen molar-refractivity contribution in [2.24, 2.45) is 5.92 Å². The topological polar surface area (TPSA) is 68.7 Å². The largest absolute Gasteiger partial charge is 0.375 e. The second-order valence-corrected chi connectivity index (χ2v) is 10.1. The van der Waals surface area contributed by atoms with Crippen LogP contribution in [-0.4, -0.2) is 49.6 Å². The van der Waals surface area contributed by atoms with Gasteiger partial charge in [-0.05, 0) is 68.0 Å². The van der Waals surface area contributed by atoms with Crippen molar-refractivity contribution in [1.82, 2.24) is 9.29 Å². The third kappa shape index (κ3) is 4.23. The third-order valence-electron chi connectivity index (χ3n) is 5.91. The first-order chi connectivity index (χ1) is 13.9. The molecule has 0 saturated carbocycles. The lowest BCUT2D eigenvalue weighted by Crippen LogP contribution is -2.65. The van der Waals surface area contributed by atoms with Gasteiger partial charge in [0.05, 0.1) is 22.8 Å². The maximum Gasteiger partial charge on any atom is 0.243 e. The summed E-state index contributed by atoms with van der Waals surface area (Å²) in [5, 5.41) is 0. The standard InChI is InChI=1S/C22H28N2O4S/c1-17-11-18(2)13-21(12-17)29(25,26)24-15-22(16-24)19(7-10-28-22)6-9-27-14-20-5-3-4-8-23-20/h3-5,8,11-13,19H,6-7,9-10,14-16H2,1-2H3/t19-/m0/s1. The highest BCUT2D eigenvalue weighted by Gasteiger charge is 2.56. The molecule has 0 unspecified atom stereocenters. The molecule has 29 heavy (non-hydrogen) atoms. The summed E-state index contributed by atoms with van der Waals surface area (Å²) in [4.78, 5) is 4.63. The van der Waals surface area contributed by atoms with Crippen molar-refractivity contribution in [3.63, 3.8) is 0 Å². The Morgan fingerprint density at radius 2 is 1.97 bits per heavy atom. The number of hydrogen-bond donors (Lipinski definition) is 0. The van der Waals surface area contributed by atoms with Crippen LogP contribution in [0.3, 0.4) is 0 Å². The highest BCUT2D eigenvalue weighted by Crippen LogP contribution is 2.43. The molecule has 2 aromatic rings. The minimum atomic E-state index is -3.48. The number of nitrogens with zero attached hydrogens (tertiary/aromatic N) is 2. The van der Waals surface area contributed by atoms with Crippen LogP contribution in [-0.2, 0) is 26.1 Å². The molecule has 1 atom stereocenters. The van der Waals surface area contributed by atoms with Gasteiger partial charge in [-0.3, -0.25) is 4.98 Å². The second-order valence-electron chi connectivity index (χ2n) is 8.16. The van der Waals surface area contributed by atoms with Crippen LogP contribution in [0.1, 0.15) is 29.7 Å². The number of pyridine rings is 1. The summed E-state index contributed by atoms with van der Waals surface area (Å²) in [5.41, 5.74) is 2.47. The van der Waals surface area contributed by atoms with Crippen LogP contribution in [0.25, 0.3) is 0 Å². The zero-order valence-corrected chi connectivity index (χ0v) is 17.8. The van der Waals surface area contributed by atoms with E-state index in [0.29, 0.717) is 43.7 Å². The summed E-state index contributed by atoms with van der Waals surface area (Å²) in [6.07, 6.45) is 3.58. The molecule has 0 N–H and O–H groups in total. The molecule has 0 aliphatic carbocycles. The normalized spacial score (nSPS) is 21.4. The monoisotopic (exact) mass is 416 g/mol. The predicted octanol–water partition coefficient (Wildman–Crippen LogP) is 3.08. The number of aryl methyl sites for hydroxylation is 2. The first-order valence-corrected chi connectivity index (χ1v) is 11.5. The summed E-state index contributed by atoms with van der Waals surface area (Å²) in [6, 6.07) is 11.2. The Morgan fingerprint density at radius 1 is 1.21 bits per heavy atom. The number of ether oxygens (including phenoxy) is 2. The van der Waals surface area contributed by atoms with Crippen molar-refractivity contribution in [2.45, 2.75) is 43.8 Å². The number of rotatable bonds is 7. The van der Waals surface area contributed by atoms with E-state index in [1.165, 1.54) is 0 Å². The first-order valence-electron chi connectivity index (χ1n) is 10.1. The van der Waals surface area contributed by atoms with E-state index in [2.05, 4.69) is 4.98 Å². The number of aromatic nitrogens is 1. The molecule has 2 aliphatic rings. The van der Waals surface area contributed by atoms with E-state index in [4.69, 9.17) is 9.47 Å². The minimum absolute atomic E-state index is 0.317. The van der Waals surface area contributed by atoms with E-state index in [-0.39, 0.29) is 5.60 Å². The Labute approximate surface area is 172 Å². The Morgan fingerprint density at radius 3 is 2.66 bits per heavy atom. The first kappa shape index (κ1) is 20.5. The summed E-state index contributed by atoms with van der Waals surface area (Å²) >= 11 is 0. The molecule has 0 amide bonds. The SMILES string of the molecule is Cc1cc(C)cc(S(=O)(=O)N2CC3(C2)OCC[C@@H]3CCOCc2ccccn2)c1. The van der Waals surface area contributed by atoms with Gasteiger partial charge in [-0.2, -0.15) is 4.31 Å². The Hall–Kier alpha value is -1.80. The van der Waals surface area contributed by atoms with Crippen molar-refractivity contribution in [1.29, 1.82) is 0 Å². The van der Waals surface area contributed by atoms with Crippen molar-refractivity contribution in [2.75, 3.05) is 26.3 Å². The van der Waals surface area contributed by atoms with Crippen LogP contribution in [0.15, 0.2) is 47.5 Å². The zero-order chi connectivity index (χ0) is 20.5. The van der Waals surface area contributed by atoms with E-state index in [1.807, 2.05) is 38.1 Å². The molecular formula is C22H28N2O4S. The quantitative estimate of drug-likeness (QED) is 0.649. The fourth-order valence-electron chi connectivity index (χ4n) is 4.38. The van der Waals surface area contributed by atoms with Gasteiger partial charge in [0.1, 0.15) is 0 Å². The fraction of sp³-hybridized carbons (Fsp3) is 0.500. The molecule has 2 aliphatic heterocycles. The van der Waals surface area contributed by atoms with Crippen LogP contribution in [0.4, 0.5) is 0 Å². The summed E-state index contributed by atoms with van der Waals surface area (Å²) < 4.78 is 39.4. The average Bonchev–Trinajstić information content (AvgIpc) is 3.08. The molecule has 1 aromatic carbocycles. The highest BCUT2D eigenvalue weighted by atomic mass is 32.2. The summed E-state index contributed by atoms with van der Waals surface area (Å²) in [6.45, 7) is 6.49. The molecule has 2 saturated heterocycles. The zero-order valence-electron chi connectivity index (χ0n) is 17.0. The van der Waals surface area contributed by atoms with Gasteiger partial charge in [0.2, 0.25) is 10.0 Å². The van der Waals surface area contributed by atoms with Gasteiger partial charge in [0.25, 0.3) is 0 Å². The van der Waals surface area contributed by atoms with Gasteiger partial charge < -0.3 is 9.47 Å². The van der Waals surface area contributed by atoms with Gasteiger partial charge in [-0.1, -0.05) is 12.1 Å². The van der Waals surface area contributed by atoms with Gasteiger partial charge in [0, 0.05) is 32.5 Å². The molecule has 0 radical (unpaired) electrons. The molecular weight excluding hydrogens is 388 g/mol. The fourth-order valence-corrected chi connectivity index (χ4v) is 6.12. The number of benzene rings is 1. The molecule has 4 rings (SSSR count). The van der Waals surface area contributed by atoms with E-state index in [0.717, 1.165) is 29.7 Å². The highest BCUT2D eigenvalue weighted by molar-refractivity contribution is 7.89. The van der Waals surface area contributed by atoms with Crippen molar-refractivity contribution in [3.8, 4) is 0 Å². The molecule has 2 fully saturated rings. The van der Waals surface area contributed by atoms with Crippen LogP contribution in [0.2, 0.25) is 0 Å². The smallest absolute Gasteiger partial charge is 0.243 e. The van der Waals surface area contributed by atoms with E-state index >= 15 is 0 Å². The van der Waals surface area contributed by atoms with Crippen LogP contribution in [0.5, 0.6) is 0 Å². The molecule has 1 aromatic heterocycles. The van der Waals surface area contributed by atoms with Crippen LogP contribution >= 0.6 is 0 Å². The lowest BCUT2D eigenvalue weighted by atomic mass is 9.80. The van der Waals surface area contributed by atoms with E-state index in [9.17, 15) is 8.42 Å². The Bertz CT molecular complexity index is 936. The molecule has 6 nitrogen and oxygen atoms in total. The van der Waals surface area contributed by atoms with Crippen LogP contribution < -0.4 is 0 Å². The van der Waals surface area contributed by atoms with Crippen molar-refractivity contribution < 1.29 is 17.9 Å². The molecule has 0 bridgehead atoms. The van der Waals surface area contributed by atoms with Crippen LogP contribution in [0, 0.1) is 19.8 Å². The van der Waals surface area contributed by atoms with Crippen molar-refractivity contribution >= 4 is 10.0 Å². The number of sulfonamides is 1. The van der Waals surface area contributed by atoms with Crippen molar-refractivity contribution in [3.05, 3.63) is 59.4 Å². The molecule has 7 heteroatoms. The maximum absolute atomic E-state index is 13.0. The molecule has 1 spiro atoms. The van der Waals surface area contributed by atoms with Gasteiger partial charge in [0.15, 0.2) is 0 Å². The average molecular weight is 417 g/mol. The van der Waals surface area contributed by atoms with Gasteiger partial charge >= 0.3 is 0 Å². The van der Waals surface area contributed by atoms with Gasteiger partial charge in [-0.15, -0.1) is 0 Å². The second kappa shape index (κ2) is 8.14. The third-order valence-corrected chi connectivity index (χ3v) is 7.68. The van der Waals surface area contributed by atoms with Gasteiger partial charge in [-0.25, -0.2) is 8.42 Å². The molecule has 3 heterocycles. The van der Waals surface area contributed by atoms with E-state index in [1.54, 1.807) is 22.6 Å². The Kier molecular flexibility index (Phi) is 5.75. The summed E-state index contributed by atoms with van der Waals surface area (Å²) in [7, 11) is -3.48. The summed E-state index contributed by atoms with van der Waals surface area (Å²) in [5.74, 6) is 0.317. The lowest BCUT2D eigenvalue weighted by Gasteiger charge is -2.49. The Balaban J connectivity index is 1.34. The predicted molar refractivity (Wildman–Crippen MR) is 110 cm³/mol. The lowest BCUT2D eigenvalue weighted by molar-refractivity contribution is -0.106. The maximum atomic E-state index is 13.0. The number of hydrogen-bond acceptors (Lipinski definition) is 5.